The number of hydrogen-bond donors (Lipinski definition) is 1. The Morgan fingerprint density at radius 2 is 1.96 bits per heavy atom. The highest BCUT2D eigenvalue weighted by atomic mass is 32.1. The lowest BCUT2D eigenvalue weighted by Crippen LogP contribution is -2.49. The Morgan fingerprint density at radius 1 is 1.18 bits per heavy atom. The van der Waals surface area contributed by atoms with Crippen LogP contribution in [0.2, 0.25) is 0 Å². The number of aromatic nitrogens is 2. The monoisotopic (exact) mass is 395 g/mol. The Balaban J connectivity index is 1.49. The molecule has 28 heavy (non-hydrogen) atoms. The third-order valence-corrected chi connectivity index (χ3v) is 5.09. The average Bonchev–Trinajstić information content (AvgIpc) is 3.47. The number of rotatable bonds is 4. The lowest BCUT2D eigenvalue weighted by atomic mass is 10.2. The molecule has 2 aromatic heterocycles. The molecule has 1 aliphatic heterocycles. The van der Waals surface area contributed by atoms with E-state index in [1.54, 1.807) is 22.2 Å². The number of hydrogen-bond acceptors (Lipinski definition) is 4. The molecule has 8 heteroatoms. The van der Waals surface area contributed by atoms with E-state index in [0.29, 0.717) is 30.3 Å². The molecule has 1 N–H and O–H groups in total. The Labute approximate surface area is 168 Å². The normalized spacial score (nSPS) is 13.8. The van der Waals surface area contributed by atoms with Crippen molar-refractivity contribution in [1.29, 1.82) is 0 Å². The first-order valence-corrected chi connectivity index (χ1v) is 9.55. The highest BCUT2D eigenvalue weighted by Crippen LogP contribution is 2.20. The minimum absolute atomic E-state index is 0.0978. The zero-order valence-corrected chi connectivity index (χ0v) is 16.4. The van der Waals surface area contributed by atoms with Gasteiger partial charge < -0.3 is 9.73 Å². The van der Waals surface area contributed by atoms with Crippen molar-refractivity contribution in [3.05, 3.63) is 71.9 Å². The molecule has 0 atom stereocenters. The van der Waals surface area contributed by atoms with Crippen LogP contribution in [0.4, 0.5) is 0 Å². The summed E-state index contributed by atoms with van der Waals surface area (Å²) < 4.78 is 7.10. The predicted octanol–water partition coefficient (Wildman–Crippen LogP) is 2.91. The number of amides is 1. The molecule has 3 aromatic rings. The van der Waals surface area contributed by atoms with Gasteiger partial charge >= 0.3 is 0 Å². The fourth-order valence-electron chi connectivity index (χ4n) is 3.29. The number of hydrazine groups is 1. The summed E-state index contributed by atoms with van der Waals surface area (Å²) in [6, 6.07) is 13.5. The second kappa shape index (κ2) is 7.85. The molecule has 1 fully saturated rings. The first-order chi connectivity index (χ1) is 13.6. The minimum atomic E-state index is -0.0978. The largest absolute Gasteiger partial charge is 0.467 e. The SMILES string of the molecule is Cc1c(C(=O)N2CCCN2C(=S)NCc2ccco2)cnn1-c1ccccc1. The maximum atomic E-state index is 13.2. The van der Waals surface area contributed by atoms with Crippen molar-refractivity contribution in [1.82, 2.24) is 25.1 Å². The molecule has 0 saturated carbocycles. The fraction of sp³-hybridized carbons (Fsp3) is 0.250. The Hall–Kier alpha value is -3.13. The van der Waals surface area contributed by atoms with Crippen molar-refractivity contribution < 1.29 is 9.21 Å². The van der Waals surface area contributed by atoms with Crippen LogP contribution in [-0.4, -0.2) is 43.9 Å². The number of thiocarbonyl (C=S) groups is 1. The summed E-state index contributed by atoms with van der Waals surface area (Å²) in [5, 5.41) is 11.6. The van der Waals surface area contributed by atoms with E-state index in [1.165, 1.54) is 0 Å². The van der Waals surface area contributed by atoms with Gasteiger partial charge in [-0.05, 0) is 49.8 Å². The molecule has 1 amide bonds. The molecule has 1 aromatic carbocycles. The zero-order chi connectivity index (χ0) is 19.5. The first kappa shape index (κ1) is 18.2. The average molecular weight is 395 g/mol. The highest BCUT2D eigenvalue weighted by Gasteiger charge is 2.31. The standard InChI is InChI=1S/C20H21N5O2S/c1-15-18(14-22-25(15)16-7-3-2-4-8-16)19(26)23-10-6-11-24(23)20(28)21-13-17-9-5-12-27-17/h2-5,7-9,12,14H,6,10-11,13H2,1H3,(H,21,28). The topological polar surface area (TPSA) is 66.5 Å². The molecular weight excluding hydrogens is 374 g/mol. The Kier molecular flexibility index (Phi) is 5.12. The quantitative estimate of drug-likeness (QED) is 0.685. The van der Waals surface area contributed by atoms with E-state index in [4.69, 9.17) is 16.6 Å². The molecular formula is C20H21N5O2S. The molecule has 4 rings (SSSR count). The summed E-state index contributed by atoms with van der Waals surface area (Å²) >= 11 is 5.51. The van der Waals surface area contributed by atoms with Gasteiger partial charge in [0.1, 0.15) is 5.76 Å². The molecule has 1 aliphatic rings. The van der Waals surface area contributed by atoms with Crippen LogP contribution < -0.4 is 5.32 Å². The number of carbonyl (C=O) groups is 1. The van der Waals surface area contributed by atoms with Crippen LogP contribution in [0.5, 0.6) is 0 Å². The first-order valence-electron chi connectivity index (χ1n) is 9.14. The molecule has 1 saturated heterocycles. The van der Waals surface area contributed by atoms with Crippen molar-refractivity contribution >= 4 is 23.2 Å². The maximum Gasteiger partial charge on any atom is 0.275 e. The van der Waals surface area contributed by atoms with E-state index in [1.807, 2.05) is 54.4 Å². The summed E-state index contributed by atoms with van der Waals surface area (Å²) in [5.74, 6) is 0.693. The van der Waals surface area contributed by atoms with Crippen LogP contribution in [0.25, 0.3) is 5.69 Å². The van der Waals surface area contributed by atoms with Crippen molar-refractivity contribution in [3.63, 3.8) is 0 Å². The summed E-state index contributed by atoms with van der Waals surface area (Å²) in [6.07, 6.45) is 4.11. The maximum absolute atomic E-state index is 13.2. The second-order valence-electron chi connectivity index (χ2n) is 6.53. The lowest BCUT2D eigenvalue weighted by molar-refractivity contribution is 0.0490. The number of benzene rings is 1. The third kappa shape index (κ3) is 3.50. The van der Waals surface area contributed by atoms with Gasteiger partial charge in [0, 0.05) is 13.1 Å². The van der Waals surface area contributed by atoms with Gasteiger partial charge in [0.25, 0.3) is 5.91 Å². The summed E-state index contributed by atoms with van der Waals surface area (Å²) in [5.41, 5.74) is 2.30. The van der Waals surface area contributed by atoms with Crippen LogP contribution in [-0.2, 0) is 6.54 Å². The third-order valence-electron chi connectivity index (χ3n) is 4.74. The molecule has 0 unspecified atom stereocenters. The summed E-state index contributed by atoms with van der Waals surface area (Å²) in [4.78, 5) is 13.2. The molecule has 0 bridgehead atoms. The predicted molar refractivity (Wildman–Crippen MR) is 109 cm³/mol. The minimum Gasteiger partial charge on any atom is -0.467 e. The van der Waals surface area contributed by atoms with E-state index >= 15 is 0 Å². The van der Waals surface area contributed by atoms with Gasteiger partial charge in [-0.3, -0.25) is 9.80 Å². The molecule has 144 valence electrons. The van der Waals surface area contributed by atoms with Crippen LogP contribution in [0, 0.1) is 6.92 Å². The van der Waals surface area contributed by atoms with Gasteiger partial charge in [-0.25, -0.2) is 9.69 Å². The van der Waals surface area contributed by atoms with Gasteiger partial charge in [-0.2, -0.15) is 5.10 Å². The van der Waals surface area contributed by atoms with Crippen molar-refractivity contribution in [3.8, 4) is 5.69 Å². The molecule has 0 radical (unpaired) electrons. The number of furan rings is 1. The van der Waals surface area contributed by atoms with E-state index in [-0.39, 0.29) is 5.91 Å². The van der Waals surface area contributed by atoms with Gasteiger partial charge in [0.15, 0.2) is 5.11 Å². The van der Waals surface area contributed by atoms with E-state index in [2.05, 4.69) is 10.4 Å². The van der Waals surface area contributed by atoms with Crippen LogP contribution in [0.3, 0.4) is 0 Å². The van der Waals surface area contributed by atoms with Gasteiger partial charge in [-0.15, -0.1) is 0 Å². The summed E-state index contributed by atoms with van der Waals surface area (Å²) in [7, 11) is 0. The van der Waals surface area contributed by atoms with Crippen LogP contribution in [0.15, 0.2) is 59.3 Å². The van der Waals surface area contributed by atoms with Gasteiger partial charge in [0.05, 0.1) is 35.9 Å². The van der Waals surface area contributed by atoms with E-state index < -0.39 is 0 Å². The van der Waals surface area contributed by atoms with Gasteiger partial charge in [0.2, 0.25) is 0 Å². The molecule has 0 spiro atoms. The highest BCUT2D eigenvalue weighted by molar-refractivity contribution is 7.80. The smallest absolute Gasteiger partial charge is 0.275 e. The molecule has 7 nitrogen and oxygen atoms in total. The van der Waals surface area contributed by atoms with Crippen molar-refractivity contribution in [2.75, 3.05) is 13.1 Å². The van der Waals surface area contributed by atoms with E-state index in [9.17, 15) is 4.79 Å². The van der Waals surface area contributed by atoms with Gasteiger partial charge in [-0.1, -0.05) is 18.2 Å². The number of nitrogens with zero attached hydrogens (tertiary/aromatic N) is 4. The Morgan fingerprint density at radius 3 is 2.71 bits per heavy atom. The summed E-state index contributed by atoms with van der Waals surface area (Å²) in [6.45, 7) is 3.70. The van der Waals surface area contributed by atoms with E-state index in [0.717, 1.165) is 23.6 Å². The fourth-order valence-corrected chi connectivity index (χ4v) is 3.55. The molecule has 3 heterocycles. The zero-order valence-electron chi connectivity index (χ0n) is 15.5. The lowest BCUT2D eigenvalue weighted by Gasteiger charge is -2.30. The number of para-hydroxylation sites is 1. The van der Waals surface area contributed by atoms with Crippen molar-refractivity contribution in [2.45, 2.75) is 19.9 Å². The Bertz CT molecular complexity index is 968. The molecule has 0 aliphatic carbocycles. The van der Waals surface area contributed by atoms with Crippen LogP contribution in [0.1, 0.15) is 28.2 Å². The van der Waals surface area contributed by atoms with Crippen LogP contribution >= 0.6 is 12.2 Å². The second-order valence-corrected chi connectivity index (χ2v) is 6.92. The van der Waals surface area contributed by atoms with Crippen molar-refractivity contribution in [2.24, 2.45) is 0 Å². The number of nitrogens with one attached hydrogen (secondary N) is 1. The number of carbonyl (C=O) groups excluding carboxylic acids is 1.